The van der Waals surface area contributed by atoms with E-state index in [1.165, 1.54) is 0 Å². The highest BCUT2D eigenvalue weighted by Gasteiger charge is 2.45. The van der Waals surface area contributed by atoms with Crippen LogP contribution >= 0.6 is 11.8 Å². The van der Waals surface area contributed by atoms with Crippen molar-refractivity contribution in [3.8, 4) is 0 Å². The number of methoxy groups -OCH3 is 2. The summed E-state index contributed by atoms with van der Waals surface area (Å²) in [6.45, 7) is 0. The first-order chi connectivity index (χ1) is 9.55. The summed E-state index contributed by atoms with van der Waals surface area (Å²) >= 11 is 1.71. The van der Waals surface area contributed by atoms with Gasteiger partial charge in [0.25, 0.3) is 0 Å². The molecule has 0 radical (unpaired) electrons. The van der Waals surface area contributed by atoms with Gasteiger partial charge in [-0.25, -0.2) is 0 Å². The van der Waals surface area contributed by atoms with Crippen molar-refractivity contribution in [2.75, 3.05) is 14.2 Å². The van der Waals surface area contributed by atoms with E-state index >= 15 is 0 Å². The average molecular weight is 302 g/mol. The van der Waals surface area contributed by atoms with Crippen LogP contribution in [0.3, 0.4) is 0 Å². The third kappa shape index (κ3) is 3.54. The number of ether oxygens (including phenoxy) is 2. The second kappa shape index (κ2) is 6.91. The Morgan fingerprint density at radius 2 is 1.75 bits per heavy atom. The van der Waals surface area contributed by atoms with Crippen LogP contribution in [0.15, 0.2) is 0 Å². The first-order valence-electron chi connectivity index (χ1n) is 7.00. The lowest BCUT2D eigenvalue weighted by molar-refractivity contribution is -0.138. The lowest BCUT2D eigenvalue weighted by atomic mass is 9.82. The molecule has 2 rings (SSSR count). The molecule has 0 spiro atoms. The molecule has 0 aromatic carbocycles. The SMILES string of the molecule is COC1CC2CC(C(=O)CCC(=O)O)SC2CC1OC. The molecule has 0 aromatic rings. The molecule has 1 saturated carbocycles. The fourth-order valence-corrected chi connectivity index (χ4v) is 5.02. The number of carbonyl (C=O) groups excluding carboxylic acids is 1. The molecule has 20 heavy (non-hydrogen) atoms. The second-order valence-electron chi connectivity index (χ2n) is 5.54. The Balaban J connectivity index is 1.90. The number of carbonyl (C=O) groups is 2. The van der Waals surface area contributed by atoms with E-state index in [0.29, 0.717) is 11.2 Å². The molecule has 1 aliphatic carbocycles. The van der Waals surface area contributed by atoms with Crippen molar-refractivity contribution < 1.29 is 24.2 Å². The smallest absolute Gasteiger partial charge is 0.303 e. The van der Waals surface area contributed by atoms with E-state index in [1.54, 1.807) is 26.0 Å². The normalized spacial score (nSPS) is 36.6. The van der Waals surface area contributed by atoms with Crippen molar-refractivity contribution in [1.82, 2.24) is 0 Å². The Morgan fingerprint density at radius 1 is 1.10 bits per heavy atom. The van der Waals surface area contributed by atoms with Crippen molar-refractivity contribution in [2.45, 2.75) is 54.8 Å². The lowest BCUT2D eigenvalue weighted by Crippen LogP contribution is -2.41. The highest BCUT2D eigenvalue weighted by molar-refractivity contribution is 8.01. The van der Waals surface area contributed by atoms with E-state index in [9.17, 15) is 9.59 Å². The maximum absolute atomic E-state index is 12.0. The maximum atomic E-state index is 12.0. The Bertz CT molecular complexity index is 353. The summed E-state index contributed by atoms with van der Waals surface area (Å²) < 4.78 is 11.0. The fraction of sp³-hybridized carbons (Fsp3) is 0.857. The summed E-state index contributed by atoms with van der Waals surface area (Å²) in [5.74, 6) is -0.345. The van der Waals surface area contributed by atoms with E-state index in [2.05, 4.69) is 0 Å². The van der Waals surface area contributed by atoms with Gasteiger partial charge in [-0.05, 0) is 25.2 Å². The van der Waals surface area contributed by atoms with E-state index in [0.717, 1.165) is 19.3 Å². The lowest BCUT2D eigenvalue weighted by Gasteiger charge is -2.36. The van der Waals surface area contributed by atoms with Crippen LogP contribution in [0, 0.1) is 5.92 Å². The van der Waals surface area contributed by atoms with Crippen molar-refractivity contribution in [2.24, 2.45) is 5.92 Å². The van der Waals surface area contributed by atoms with Crippen molar-refractivity contribution in [3.05, 3.63) is 0 Å². The van der Waals surface area contributed by atoms with Crippen LogP contribution < -0.4 is 0 Å². The van der Waals surface area contributed by atoms with Crippen LogP contribution in [-0.4, -0.2) is 53.8 Å². The van der Waals surface area contributed by atoms with Gasteiger partial charge < -0.3 is 14.6 Å². The van der Waals surface area contributed by atoms with Crippen LogP contribution in [0.2, 0.25) is 0 Å². The zero-order valence-electron chi connectivity index (χ0n) is 11.9. The minimum Gasteiger partial charge on any atom is -0.481 e. The van der Waals surface area contributed by atoms with Gasteiger partial charge in [-0.15, -0.1) is 11.8 Å². The topological polar surface area (TPSA) is 72.8 Å². The summed E-state index contributed by atoms with van der Waals surface area (Å²) in [5.41, 5.74) is 0. The zero-order chi connectivity index (χ0) is 14.7. The quantitative estimate of drug-likeness (QED) is 0.805. The van der Waals surface area contributed by atoms with Crippen LogP contribution in [0.5, 0.6) is 0 Å². The van der Waals surface area contributed by atoms with E-state index < -0.39 is 5.97 Å². The number of carboxylic acid groups (broad SMARTS) is 1. The minimum absolute atomic E-state index is 0.0440. The molecule has 1 saturated heterocycles. The molecule has 5 atom stereocenters. The van der Waals surface area contributed by atoms with E-state index in [4.69, 9.17) is 14.6 Å². The van der Waals surface area contributed by atoms with Gasteiger partial charge in [0, 0.05) is 25.9 Å². The molecule has 1 heterocycles. The van der Waals surface area contributed by atoms with Gasteiger partial charge in [0.1, 0.15) is 5.78 Å². The number of thioether (sulfide) groups is 1. The molecule has 2 fully saturated rings. The molecule has 0 amide bonds. The van der Waals surface area contributed by atoms with E-state index in [-0.39, 0.29) is 36.1 Å². The number of Topliss-reactive ketones (excluding diaryl/α,β-unsaturated/α-hetero) is 1. The standard InChI is InChI=1S/C14H22O5S/c1-18-10-5-8-6-13(9(15)3-4-14(16)17)20-12(8)7-11(10)19-2/h8,10-13H,3-7H2,1-2H3,(H,16,17). The minimum atomic E-state index is -0.905. The van der Waals surface area contributed by atoms with Gasteiger partial charge in [0.05, 0.1) is 23.9 Å². The van der Waals surface area contributed by atoms with Gasteiger partial charge in [-0.2, -0.15) is 0 Å². The molecule has 1 N–H and O–H groups in total. The fourth-order valence-electron chi connectivity index (χ4n) is 3.23. The molecular weight excluding hydrogens is 280 g/mol. The summed E-state index contributed by atoms with van der Waals surface area (Å²) in [4.78, 5) is 22.6. The van der Waals surface area contributed by atoms with Crippen LogP contribution in [-0.2, 0) is 19.1 Å². The summed E-state index contributed by atoms with van der Waals surface area (Å²) in [6.07, 6.45) is 2.98. The Morgan fingerprint density at radius 3 is 2.35 bits per heavy atom. The van der Waals surface area contributed by atoms with Crippen molar-refractivity contribution >= 4 is 23.5 Å². The van der Waals surface area contributed by atoms with Crippen LogP contribution in [0.25, 0.3) is 0 Å². The predicted molar refractivity (Wildman–Crippen MR) is 76.0 cm³/mol. The zero-order valence-corrected chi connectivity index (χ0v) is 12.7. The second-order valence-corrected chi connectivity index (χ2v) is 6.99. The summed E-state index contributed by atoms with van der Waals surface area (Å²) in [7, 11) is 3.40. The van der Waals surface area contributed by atoms with Crippen molar-refractivity contribution in [3.63, 3.8) is 0 Å². The molecule has 5 nitrogen and oxygen atoms in total. The number of aliphatic carboxylic acids is 1. The third-order valence-corrected chi connectivity index (χ3v) is 6.06. The van der Waals surface area contributed by atoms with Crippen molar-refractivity contribution in [1.29, 1.82) is 0 Å². The summed E-state index contributed by atoms with van der Waals surface area (Å²) in [5, 5.41) is 9.04. The number of fused-ring (bicyclic) bond motifs is 1. The van der Waals surface area contributed by atoms with E-state index in [1.807, 2.05) is 0 Å². The molecule has 2 aliphatic rings. The summed E-state index contributed by atoms with van der Waals surface area (Å²) in [6, 6.07) is 0. The van der Waals surface area contributed by atoms with Gasteiger partial charge in [0.2, 0.25) is 0 Å². The first kappa shape index (κ1) is 15.8. The monoisotopic (exact) mass is 302 g/mol. The van der Waals surface area contributed by atoms with Crippen LogP contribution in [0.4, 0.5) is 0 Å². The maximum Gasteiger partial charge on any atom is 0.303 e. The number of hydrogen-bond donors (Lipinski definition) is 1. The largest absolute Gasteiger partial charge is 0.481 e. The Hall–Kier alpha value is -0.590. The average Bonchev–Trinajstić information content (AvgIpc) is 2.85. The Kier molecular flexibility index (Phi) is 5.46. The van der Waals surface area contributed by atoms with Gasteiger partial charge in [-0.1, -0.05) is 0 Å². The molecule has 6 heteroatoms. The molecule has 1 aliphatic heterocycles. The molecule has 0 aromatic heterocycles. The number of rotatable bonds is 6. The molecular formula is C14H22O5S. The van der Waals surface area contributed by atoms with Gasteiger partial charge in [0.15, 0.2) is 0 Å². The highest BCUT2D eigenvalue weighted by atomic mass is 32.2. The van der Waals surface area contributed by atoms with Crippen LogP contribution in [0.1, 0.15) is 32.1 Å². The van der Waals surface area contributed by atoms with Gasteiger partial charge >= 0.3 is 5.97 Å². The Labute approximate surface area is 123 Å². The number of ketones is 1. The predicted octanol–water partition coefficient (Wildman–Crippen LogP) is 1.73. The first-order valence-corrected chi connectivity index (χ1v) is 7.95. The number of hydrogen-bond acceptors (Lipinski definition) is 5. The third-order valence-electron chi connectivity index (χ3n) is 4.35. The molecule has 114 valence electrons. The molecule has 0 bridgehead atoms. The number of carboxylic acids is 1. The van der Waals surface area contributed by atoms with Gasteiger partial charge in [-0.3, -0.25) is 9.59 Å². The highest BCUT2D eigenvalue weighted by Crippen LogP contribution is 2.47. The molecule has 5 unspecified atom stereocenters.